The van der Waals surface area contributed by atoms with Crippen LogP contribution in [-0.4, -0.2) is 30.1 Å². The smallest absolute Gasteiger partial charge is 0.319 e. The second-order valence-electron chi connectivity index (χ2n) is 3.92. The van der Waals surface area contributed by atoms with Gasteiger partial charge in [-0.25, -0.2) is 0 Å². The molecule has 2 heterocycles. The highest BCUT2D eigenvalue weighted by molar-refractivity contribution is 7.07. The summed E-state index contributed by atoms with van der Waals surface area (Å²) < 4.78 is 5.17. The Bertz CT molecular complexity index is 398. The number of rotatable bonds is 3. The van der Waals surface area contributed by atoms with Gasteiger partial charge in [-0.3, -0.25) is 9.59 Å². The molecule has 1 aliphatic rings. The molecule has 1 fully saturated rings. The summed E-state index contributed by atoms with van der Waals surface area (Å²) in [5, 5.41) is 13.0. The fraction of sp³-hybridized carbons (Fsp3) is 0.455. The molecule has 0 spiro atoms. The second kappa shape index (κ2) is 4.35. The Kier molecular flexibility index (Phi) is 3.07. The average Bonchev–Trinajstić information content (AvgIpc) is 2.74. The van der Waals surface area contributed by atoms with Crippen molar-refractivity contribution in [2.45, 2.75) is 12.8 Å². The first-order chi connectivity index (χ1) is 7.65. The molecule has 1 unspecified atom stereocenters. The van der Waals surface area contributed by atoms with Gasteiger partial charge in [-0.1, -0.05) is 0 Å². The van der Waals surface area contributed by atoms with Gasteiger partial charge >= 0.3 is 5.97 Å². The third-order valence-electron chi connectivity index (χ3n) is 2.85. The van der Waals surface area contributed by atoms with Crippen LogP contribution in [0.1, 0.15) is 12.0 Å². The van der Waals surface area contributed by atoms with Gasteiger partial charge < -0.3 is 9.84 Å². The van der Waals surface area contributed by atoms with Gasteiger partial charge in [0.25, 0.3) is 0 Å². The average molecular weight is 240 g/mol. The first kappa shape index (κ1) is 11.3. The lowest BCUT2D eigenvalue weighted by molar-refractivity contribution is -0.164. The topological polar surface area (TPSA) is 63.6 Å². The number of Topliss-reactive ketones (excluding diaryl/α,β-unsaturated/α-hetero) is 1. The van der Waals surface area contributed by atoms with Crippen molar-refractivity contribution >= 4 is 23.1 Å². The van der Waals surface area contributed by atoms with E-state index in [0.717, 1.165) is 5.56 Å². The van der Waals surface area contributed by atoms with Crippen molar-refractivity contribution in [3.8, 4) is 0 Å². The second-order valence-corrected chi connectivity index (χ2v) is 4.70. The minimum atomic E-state index is -1.38. The minimum Gasteiger partial charge on any atom is -0.480 e. The maximum Gasteiger partial charge on any atom is 0.319 e. The number of carbonyl (C=O) groups excluding carboxylic acids is 1. The summed E-state index contributed by atoms with van der Waals surface area (Å²) >= 11 is 1.49. The SMILES string of the molecule is O=C(O)C1(Cc2ccsc2)COCCC1=O. The fourth-order valence-electron chi connectivity index (χ4n) is 1.88. The van der Waals surface area contributed by atoms with E-state index in [-0.39, 0.29) is 25.2 Å². The van der Waals surface area contributed by atoms with Crippen LogP contribution < -0.4 is 0 Å². The van der Waals surface area contributed by atoms with Crippen LogP contribution in [0.25, 0.3) is 0 Å². The van der Waals surface area contributed by atoms with Crippen molar-refractivity contribution in [2.24, 2.45) is 5.41 Å². The number of hydrogen-bond acceptors (Lipinski definition) is 4. The summed E-state index contributed by atoms with van der Waals surface area (Å²) in [6, 6.07) is 1.84. The summed E-state index contributed by atoms with van der Waals surface area (Å²) in [4.78, 5) is 23.1. The molecule has 2 rings (SSSR count). The van der Waals surface area contributed by atoms with Gasteiger partial charge in [0.1, 0.15) is 0 Å². The largest absolute Gasteiger partial charge is 0.480 e. The zero-order valence-corrected chi connectivity index (χ0v) is 9.46. The minimum absolute atomic E-state index is 0.0169. The Hall–Kier alpha value is -1.20. The quantitative estimate of drug-likeness (QED) is 0.810. The number of thiophene rings is 1. The van der Waals surface area contributed by atoms with E-state index in [0.29, 0.717) is 6.61 Å². The number of hydrogen-bond donors (Lipinski definition) is 1. The molecule has 86 valence electrons. The molecule has 1 aromatic heterocycles. The third-order valence-corrected chi connectivity index (χ3v) is 3.58. The molecule has 1 atom stereocenters. The van der Waals surface area contributed by atoms with Crippen molar-refractivity contribution < 1.29 is 19.4 Å². The van der Waals surface area contributed by atoms with E-state index in [1.165, 1.54) is 11.3 Å². The summed E-state index contributed by atoms with van der Waals surface area (Å²) in [6.45, 7) is 0.314. The van der Waals surface area contributed by atoms with Crippen molar-refractivity contribution in [2.75, 3.05) is 13.2 Å². The van der Waals surface area contributed by atoms with E-state index < -0.39 is 11.4 Å². The summed E-state index contributed by atoms with van der Waals surface area (Å²) in [7, 11) is 0. The number of carboxylic acid groups (broad SMARTS) is 1. The maximum atomic E-state index is 11.8. The molecule has 5 heteroatoms. The summed E-state index contributed by atoms with van der Waals surface area (Å²) in [5.41, 5.74) is -0.495. The van der Waals surface area contributed by atoms with E-state index in [1.807, 2.05) is 16.8 Å². The van der Waals surface area contributed by atoms with Gasteiger partial charge in [0.2, 0.25) is 0 Å². The Balaban J connectivity index is 2.27. The molecule has 0 amide bonds. The third kappa shape index (κ3) is 1.88. The number of ketones is 1. The van der Waals surface area contributed by atoms with Gasteiger partial charge in [0.15, 0.2) is 11.2 Å². The van der Waals surface area contributed by atoms with E-state index in [4.69, 9.17) is 4.74 Å². The van der Waals surface area contributed by atoms with E-state index >= 15 is 0 Å². The Morgan fingerprint density at radius 2 is 2.44 bits per heavy atom. The van der Waals surface area contributed by atoms with Crippen LogP contribution in [0.2, 0.25) is 0 Å². The van der Waals surface area contributed by atoms with Crippen LogP contribution in [0.3, 0.4) is 0 Å². The predicted octanol–water partition coefficient (Wildman–Crippen LogP) is 1.35. The van der Waals surface area contributed by atoms with Crippen molar-refractivity contribution in [3.63, 3.8) is 0 Å². The van der Waals surface area contributed by atoms with Crippen LogP contribution in [0.15, 0.2) is 16.8 Å². The molecule has 0 saturated carbocycles. The lowest BCUT2D eigenvalue weighted by Crippen LogP contribution is -2.48. The van der Waals surface area contributed by atoms with Gasteiger partial charge in [0.05, 0.1) is 13.2 Å². The fourth-order valence-corrected chi connectivity index (χ4v) is 2.55. The molecular formula is C11H12O4S. The van der Waals surface area contributed by atoms with Crippen molar-refractivity contribution in [1.29, 1.82) is 0 Å². The Morgan fingerprint density at radius 3 is 3.00 bits per heavy atom. The molecular weight excluding hydrogens is 228 g/mol. The van der Waals surface area contributed by atoms with E-state index in [2.05, 4.69) is 0 Å². The summed E-state index contributed by atoms with van der Waals surface area (Å²) in [5.74, 6) is -1.30. The van der Waals surface area contributed by atoms with Gasteiger partial charge in [-0.15, -0.1) is 0 Å². The van der Waals surface area contributed by atoms with Gasteiger partial charge in [-0.2, -0.15) is 11.3 Å². The molecule has 0 aromatic carbocycles. The first-order valence-corrected chi connectivity index (χ1v) is 5.95. The predicted molar refractivity (Wildman–Crippen MR) is 58.5 cm³/mol. The van der Waals surface area contributed by atoms with Crippen LogP contribution >= 0.6 is 11.3 Å². The van der Waals surface area contributed by atoms with Crippen molar-refractivity contribution in [1.82, 2.24) is 0 Å². The number of carbonyl (C=O) groups is 2. The molecule has 1 aromatic rings. The number of ether oxygens (including phenoxy) is 1. The Morgan fingerprint density at radius 1 is 1.62 bits per heavy atom. The highest BCUT2D eigenvalue weighted by Crippen LogP contribution is 2.30. The summed E-state index contributed by atoms with van der Waals surface area (Å²) in [6.07, 6.45) is 0.418. The van der Waals surface area contributed by atoms with E-state index in [1.54, 1.807) is 0 Å². The zero-order chi connectivity index (χ0) is 11.6. The molecule has 0 radical (unpaired) electrons. The monoisotopic (exact) mass is 240 g/mol. The standard InChI is InChI=1S/C11H12O4S/c12-9-1-3-15-7-11(9,10(13)14)5-8-2-4-16-6-8/h2,4,6H,1,3,5,7H2,(H,13,14). The molecule has 1 saturated heterocycles. The van der Waals surface area contributed by atoms with Crippen molar-refractivity contribution in [3.05, 3.63) is 22.4 Å². The lowest BCUT2D eigenvalue weighted by atomic mass is 9.77. The molecule has 0 bridgehead atoms. The van der Waals surface area contributed by atoms with Gasteiger partial charge in [0, 0.05) is 6.42 Å². The molecule has 16 heavy (non-hydrogen) atoms. The zero-order valence-electron chi connectivity index (χ0n) is 8.64. The van der Waals surface area contributed by atoms with Gasteiger partial charge in [-0.05, 0) is 28.8 Å². The highest BCUT2D eigenvalue weighted by atomic mass is 32.1. The Labute approximate surface area is 96.9 Å². The first-order valence-electron chi connectivity index (χ1n) is 5.01. The lowest BCUT2D eigenvalue weighted by Gasteiger charge is -2.31. The van der Waals surface area contributed by atoms with Crippen LogP contribution in [0.5, 0.6) is 0 Å². The van der Waals surface area contributed by atoms with Crippen LogP contribution in [0.4, 0.5) is 0 Å². The van der Waals surface area contributed by atoms with E-state index in [9.17, 15) is 14.7 Å². The molecule has 4 nitrogen and oxygen atoms in total. The van der Waals surface area contributed by atoms with Crippen LogP contribution in [0, 0.1) is 5.41 Å². The molecule has 0 aliphatic carbocycles. The normalized spacial score (nSPS) is 25.6. The van der Waals surface area contributed by atoms with Crippen LogP contribution in [-0.2, 0) is 20.7 Å². The maximum absolute atomic E-state index is 11.8. The number of aliphatic carboxylic acids is 1. The number of carboxylic acids is 1. The molecule has 1 N–H and O–H groups in total. The molecule has 1 aliphatic heterocycles. The highest BCUT2D eigenvalue weighted by Gasteiger charge is 2.47.